The summed E-state index contributed by atoms with van der Waals surface area (Å²) in [5.74, 6) is 2.29. The van der Waals surface area contributed by atoms with E-state index in [1.165, 1.54) is 25.7 Å². The average molecular weight is 280 g/mol. The SMILES string of the molecule is CCCC(C)(CC)C(=O)OC(C)(C)C1CC2CCC1C2. The molecule has 0 spiro atoms. The first-order valence-electron chi connectivity index (χ1n) is 8.56. The van der Waals surface area contributed by atoms with Gasteiger partial charge in [0.1, 0.15) is 5.60 Å². The van der Waals surface area contributed by atoms with Gasteiger partial charge in [-0.25, -0.2) is 0 Å². The minimum atomic E-state index is -0.302. The molecule has 2 bridgehead atoms. The molecule has 2 rings (SSSR count). The van der Waals surface area contributed by atoms with Crippen LogP contribution in [0, 0.1) is 23.2 Å². The topological polar surface area (TPSA) is 26.3 Å². The first-order valence-corrected chi connectivity index (χ1v) is 8.56. The fourth-order valence-corrected chi connectivity index (χ4v) is 4.51. The fraction of sp³-hybridized carbons (Fsp3) is 0.944. The normalized spacial score (nSPS) is 32.1. The maximum Gasteiger partial charge on any atom is 0.312 e. The fourth-order valence-electron chi connectivity index (χ4n) is 4.51. The lowest BCUT2D eigenvalue weighted by Gasteiger charge is -2.39. The molecular weight excluding hydrogens is 248 g/mol. The van der Waals surface area contributed by atoms with E-state index in [2.05, 4.69) is 34.6 Å². The Morgan fingerprint density at radius 2 is 1.85 bits per heavy atom. The van der Waals surface area contributed by atoms with E-state index in [9.17, 15) is 4.79 Å². The molecule has 0 aromatic heterocycles. The first-order chi connectivity index (χ1) is 9.32. The van der Waals surface area contributed by atoms with Gasteiger partial charge in [-0.1, -0.05) is 26.7 Å². The van der Waals surface area contributed by atoms with Gasteiger partial charge in [-0.15, -0.1) is 0 Å². The van der Waals surface area contributed by atoms with Gasteiger partial charge in [0.05, 0.1) is 5.41 Å². The molecule has 2 saturated carbocycles. The number of hydrogen-bond acceptors (Lipinski definition) is 2. The zero-order chi connectivity index (χ0) is 15.0. The van der Waals surface area contributed by atoms with Gasteiger partial charge in [0.2, 0.25) is 0 Å². The molecule has 2 nitrogen and oxygen atoms in total. The van der Waals surface area contributed by atoms with Crippen molar-refractivity contribution >= 4 is 5.97 Å². The van der Waals surface area contributed by atoms with E-state index in [4.69, 9.17) is 4.74 Å². The van der Waals surface area contributed by atoms with Crippen molar-refractivity contribution in [2.75, 3.05) is 0 Å². The highest BCUT2D eigenvalue weighted by atomic mass is 16.6. The smallest absolute Gasteiger partial charge is 0.312 e. The molecule has 2 heteroatoms. The van der Waals surface area contributed by atoms with E-state index in [-0.39, 0.29) is 17.0 Å². The summed E-state index contributed by atoms with van der Waals surface area (Å²) < 4.78 is 6.04. The Morgan fingerprint density at radius 1 is 1.15 bits per heavy atom. The van der Waals surface area contributed by atoms with E-state index in [0.29, 0.717) is 5.92 Å². The Kier molecular flexibility index (Phi) is 4.51. The zero-order valence-electron chi connectivity index (χ0n) is 14.0. The lowest BCUT2D eigenvalue weighted by atomic mass is 9.77. The number of fused-ring (bicyclic) bond motifs is 2. The quantitative estimate of drug-likeness (QED) is 0.643. The summed E-state index contributed by atoms with van der Waals surface area (Å²) in [5, 5.41) is 0. The van der Waals surface area contributed by atoms with Crippen molar-refractivity contribution < 1.29 is 9.53 Å². The molecule has 2 aliphatic rings. The molecule has 2 fully saturated rings. The highest BCUT2D eigenvalue weighted by molar-refractivity contribution is 5.76. The summed E-state index contributed by atoms with van der Waals surface area (Å²) in [7, 11) is 0. The van der Waals surface area contributed by atoms with Crippen molar-refractivity contribution in [3.63, 3.8) is 0 Å². The molecule has 0 saturated heterocycles. The van der Waals surface area contributed by atoms with E-state index in [1.54, 1.807) is 0 Å². The van der Waals surface area contributed by atoms with Gasteiger partial charge >= 0.3 is 5.97 Å². The summed E-state index contributed by atoms with van der Waals surface area (Å²) in [6, 6.07) is 0. The van der Waals surface area contributed by atoms with E-state index in [1.807, 2.05) is 0 Å². The number of hydrogen-bond donors (Lipinski definition) is 0. The van der Waals surface area contributed by atoms with Crippen LogP contribution in [0.25, 0.3) is 0 Å². The van der Waals surface area contributed by atoms with Crippen LogP contribution in [0.5, 0.6) is 0 Å². The number of carbonyl (C=O) groups is 1. The Hall–Kier alpha value is -0.530. The Labute approximate surface area is 124 Å². The zero-order valence-corrected chi connectivity index (χ0v) is 14.0. The monoisotopic (exact) mass is 280 g/mol. The van der Waals surface area contributed by atoms with Gasteiger partial charge in [0, 0.05) is 5.92 Å². The highest BCUT2D eigenvalue weighted by Crippen LogP contribution is 2.53. The molecule has 2 aliphatic carbocycles. The Bertz CT molecular complexity index is 360. The molecule has 20 heavy (non-hydrogen) atoms. The predicted molar refractivity (Wildman–Crippen MR) is 82.4 cm³/mol. The molecule has 4 unspecified atom stereocenters. The van der Waals surface area contributed by atoms with Crippen LogP contribution in [0.2, 0.25) is 0 Å². The molecular formula is C18H32O2. The summed E-state index contributed by atoms with van der Waals surface area (Å²) in [4.78, 5) is 12.6. The van der Waals surface area contributed by atoms with Crippen molar-refractivity contribution in [3.05, 3.63) is 0 Å². The van der Waals surface area contributed by atoms with Crippen LogP contribution in [0.4, 0.5) is 0 Å². The second kappa shape index (κ2) is 5.69. The molecule has 0 N–H and O–H groups in total. The molecule has 0 amide bonds. The molecule has 0 aromatic carbocycles. The molecule has 0 aromatic rings. The van der Waals surface area contributed by atoms with Crippen molar-refractivity contribution in [1.82, 2.24) is 0 Å². The third-order valence-electron chi connectivity index (χ3n) is 6.06. The lowest BCUT2D eigenvalue weighted by Crippen LogP contribution is -2.43. The van der Waals surface area contributed by atoms with Gasteiger partial charge in [-0.05, 0) is 64.7 Å². The van der Waals surface area contributed by atoms with Crippen molar-refractivity contribution in [2.45, 2.75) is 85.2 Å². The number of ether oxygens (including phenoxy) is 1. The van der Waals surface area contributed by atoms with Crippen molar-refractivity contribution in [1.29, 1.82) is 0 Å². The molecule has 0 aliphatic heterocycles. The lowest BCUT2D eigenvalue weighted by molar-refractivity contribution is -0.176. The minimum absolute atomic E-state index is 0.0228. The van der Waals surface area contributed by atoms with Gasteiger partial charge in [-0.3, -0.25) is 4.79 Å². The van der Waals surface area contributed by atoms with Gasteiger partial charge in [0.15, 0.2) is 0 Å². The number of rotatable bonds is 6. The van der Waals surface area contributed by atoms with Crippen LogP contribution in [0.15, 0.2) is 0 Å². The van der Waals surface area contributed by atoms with Crippen LogP contribution >= 0.6 is 0 Å². The maximum atomic E-state index is 12.6. The van der Waals surface area contributed by atoms with Crippen LogP contribution < -0.4 is 0 Å². The largest absolute Gasteiger partial charge is 0.459 e. The third-order valence-corrected chi connectivity index (χ3v) is 6.06. The second-order valence-corrected chi connectivity index (χ2v) is 7.94. The minimum Gasteiger partial charge on any atom is -0.459 e. The number of carbonyl (C=O) groups excluding carboxylic acids is 1. The third kappa shape index (κ3) is 2.89. The molecule has 0 heterocycles. The standard InChI is InChI=1S/C18H32O2/c1-6-10-18(5,7-2)16(19)20-17(3,4)15-12-13-8-9-14(15)11-13/h13-15H,6-12H2,1-5H3. The van der Waals surface area contributed by atoms with Gasteiger partial charge in [-0.2, -0.15) is 0 Å². The highest BCUT2D eigenvalue weighted by Gasteiger charge is 2.49. The average Bonchev–Trinajstić information content (AvgIpc) is 3.00. The summed E-state index contributed by atoms with van der Waals surface area (Å²) in [6.45, 7) is 10.6. The molecule has 0 radical (unpaired) electrons. The Balaban J connectivity index is 2.02. The molecule has 116 valence electrons. The predicted octanol–water partition coefficient (Wildman–Crippen LogP) is 4.96. The van der Waals surface area contributed by atoms with Gasteiger partial charge in [0.25, 0.3) is 0 Å². The van der Waals surface area contributed by atoms with E-state index in [0.717, 1.165) is 31.1 Å². The summed E-state index contributed by atoms with van der Waals surface area (Å²) >= 11 is 0. The van der Waals surface area contributed by atoms with Crippen LogP contribution in [-0.2, 0) is 9.53 Å². The van der Waals surface area contributed by atoms with E-state index < -0.39 is 0 Å². The van der Waals surface area contributed by atoms with Gasteiger partial charge < -0.3 is 4.74 Å². The van der Waals surface area contributed by atoms with Crippen LogP contribution in [0.1, 0.15) is 79.6 Å². The summed E-state index contributed by atoms with van der Waals surface area (Å²) in [6.07, 6.45) is 8.20. The van der Waals surface area contributed by atoms with Crippen molar-refractivity contribution in [3.8, 4) is 0 Å². The maximum absolute atomic E-state index is 12.6. The first kappa shape index (κ1) is 15.9. The Morgan fingerprint density at radius 3 is 2.30 bits per heavy atom. The van der Waals surface area contributed by atoms with E-state index >= 15 is 0 Å². The molecule has 4 atom stereocenters. The van der Waals surface area contributed by atoms with Crippen molar-refractivity contribution in [2.24, 2.45) is 23.2 Å². The number of esters is 1. The van der Waals surface area contributed by atoms with Crippen LogP contribution in [0.3, 0.4) is 0 Å². The summed E-state index contributed by atoms with van der Waals surface area (Å²) in [5.41, 5.74) is -0.593. The second-order valence-electron chi connectivity index (χ2n) is 7.94. The van der Waals surface area contributed by atoms with Crippen LogP contribution in [-0.4, -0.2) is 11.6 Å².